The topological polar surface area (TPSA) is 61.8 Å². The van der Waals surface area contributed by atoms with Gasteiger partial charge in [0.1, 0.15) is 19.0 Å². The summed E-state index contributed by atoms with van der Waals surface area (Å²) in [6, 6.07) is 0. The summed E-state index contributed by atoms with van der Waals surface area (Å²) in [5.74, 6) is 0.644. The fourth-order valence-electron chi connectivity index (χ4n) is 1.12. The highest BCUT2D eigenvalue weighted by Gasteiger charge is 2.15. The number of quaternary nitrogens is 1. The SMILES string of the molecule is C[N+](C)(C)CC(O)CSc1ncn[nH]1.[Cl-]. The highest BCUT2D eigenvalue weighted by atomic mass is 35.5. The zero-order chi connectivity index (χ0) is 10.6. The Bertz CT molecular complexity index is 262. The summed E-state index contributed by atoms with van der Waals surface area (Å²) in [6.07, 6.45) is 1.15. The molecular formula is C8H17ClN4OS. The van der Waals surface area contributed by atoms with Gasteiger partial charge in [0.15, 0.2) is 5.16 Å². The number of nitrogens with zero attached hydrogens (tertiary/aromatic N) is 3. The molecule has 0 aliphatic rings. The van der Waals surface area contributed by atoms with Crippen LogP contribution in [0.4, 0.5) is 0 Å². The molecule has 0 fully saturated rings. The molecular weight excluding hydrogens is 236 g/mol. The summed E-state index contributed by atoms with van der Waals surface area (Å²) < 4.78 is 0.762. The third-order valence-corrected chi connectivity index (χ3v) is 2.59. The van der Waals surface area contributed by atoms with Crippen LogP contribution in [-0.2, 0) is 0 Å². The van der Waals surface area contributed by atoms with Gasteiger partial charge in [-0.25, -0.2) is 4.98 Å². The number of rotatable bonds is 5. The first-order chi connectivity index (χ1) is 6.47. The molecule has 0 bridgehead atoms. The minimum Gasteiger partial charge on any atom is -1.00 e. The van der Waals surface area contributed by atoms with E-state index in [1.54, 1.807) is 0 Å². The molecule has 0 amide bonds. The fraction of sp³-hybridized carbons (Fsp3) is 0.750. The van der Waals surface area contributed by atoms with Crippen molar-refractivity contribution in [3.63, 3.8) is 0 Å². The van der Waals surface area contributed by atoms with E-state index in [2.05, 4.69) is 36.3 Å². The smallest absolute Gasteiger partial charge is 0.183 e. The number of aliphatic hydroxyl groups is 1. The number of H-pyrrole nitrogens is 1. The van der Waals surface area contributed by atoms with Crippen molar-refractivity contribution in [3.05, 3.63) is 6.33 Å². The third kappa shape index (κ3) is 6.72. The molecule has 1 heterocycles. The molecule has 7 heteroatoms. The zero-order valence-corrected chi connectivity index (χ0v) is 10.7. The summed E-state index contributed by atoms with van der Waals surface area (Å²) in [7, 11) is 6.17. The molecule has 0 aliphatic carbocycles. The van der Waals surface area contributed by atoms with Crippen molar-refractivity contribution in [2.45, 2.75) is 11.3 Å². The van der Waals surface area contributed by atoms with Gasteiger partial charge < -0.3 is 22.0 Å². The molecule has 5 nitrogen and oxygen atoms in total. The molecule has 88 valence electrons. The van der Waals surface area contributed by atoms with Crippen molar-refractivity contribution in [1.29, 1.82) is 0 Å². The Morgan fingerprint density at radius 1 is 1.53 bits per heavy atom. The second-order valence-corrected chi connectivity index (χ2v) is 5.24. The molecule has 0 saturated carbocycles. The Balaban J connectivity index is 0.00000196. The van der Waals surface area contributed by atoms with Gasteiger partial charge in [-0.1, -0.05) is 11.8 Å². The van der Waals surface area contributed by atoms with E-state index in [-0.39, 0.29) is 18.5 Å². The van der Waals surface area contributed by atoms with Crippen LogP contribution >= 0.6 is 11.8 Å². The van der Waals surface area contributed by atoms with Crippen molar-refractivity contribution in [2.75, 3.05) is 33.4 Å². The van der Waals surface area contributed by atoms with Crippen LogP contribution in [0.3, 0.4) is 0 Å². The number of hydrogen-bond acceptors (Lipinski definition) is 4. The highest BCUT2D eigenvalue weighted by Crippen LogP contribution is 2.12. The maximum Gasteiger partial charge on any atom is 0.183 e. The van der Waals surface area contributed by atoms with Crippen molar-refractivity contribution < 1.29 is 22.0 Å². The first-order valence-corrected chi connectivity index (χ1v) is 5.42. The maximum absolute atomic E-state index is 9.69. The lowest BCUT2D eigenvalue weighted by molar-refractivity contribution is -0.873. The van der Waals surface area contributed by atoms with Gasteiger partial charge in [0.05, 0.1) is 21.1 Å². The van der Waals surface area contributed by atoms with Crippen LogP contribution in [0.25, 0.3) is 0 Å². The van der Waals surface area contributed by atoms with E-state index in [0.29, 0.717) is 5.75 Å². The van der Waals surface area contributed by atoms with Crippen LogP contribution in [0.15, 0.2) is 11.5 Å². The molecule has 1 unspecified atom stereocenters. The first-order valence-electron chi connectivity index (χ1n) is 4.44. The van der Waals surface area contributed by atoms with Gasteiger partial charge in [0, 0.05) is 5.75 Å². The van der Waals surface area contributed by atoms with E-state index in [1.807, 2.05) is 0 Å². The van der Waals surface area contributed by atoms with Crippen molar-refractivity contribution in [2.24, 2.45) is 0 Å². The molecule has 1 atom stereocenters. The van der Waals surface area contributed by atoms with Crippen molar-refractivity contribution in [1.82, 2.24) is 15.2 Å². The van der Waals surface area contributed by atoms with Gasteiger partial charge in [-0.05, 0) is 0 Å². The molecule has 2 N–H and O–H groups in total. The molecule has 1 aromatic rings. The normalized spacial score (nSPS) is 13.3. The van der Waals surface area contributed by atoms with E-state index in [9.17, 15) is 5.11 Å². The summed E-state index contributed by atoms with van der Waals surface area (Å²) in [6.45, 7) is 0.737. The van der Waals surface area contributed by atoms with Gasteiger partial charge >= 0.3 is 0 Å². The molecule has 0 saturated heterocycles. The van der Waals surface area contributed by atoms with E-state index in [0.717, 1.165) is 16.2 Å². The number of thioether (sulfide) groups is 1. The number of aromatic amines is 1. The largest absolute Gasteiger partial charge is 1.00 e. The summed E-state index contributed by atoms with van der Waals surface area (Å²) >= 11 is 1.49. The quantitative estimate of drug-likeness (QED) is 0.432. The van der Waals surface area contributed by atoms with E-state index in [1.165, 1.54) is 18.1 Å². The van der Waals surface area contributed by atoms with Crippen molar-refractivity contribution >= 4 is 11.8 Å². The van der Waals surface area contributed by atoms with Gasteiger partial charge in [-0.2, -0.15) is 5.10 Å². The fourth-order valence-corrected chi connectivity index (χ4v) is 1.82. The molecule has 0 aromatic carbocycles. The third-order valence-electron chi connectivity index (χ3n) is 1.56. The van der Waals surface area contributed by atoms with Gasteiger partial charge in [-0.3, -0.25) is 5.10 Å². The Morgan fingerprint density at radius 3 is 2.67 bits per heavy atom. The molecule has 0 spiro atoms. The zero-order valence-electron chi connectivity index (χ0n) is 9.14. The standard InChI is InChI=1S/C8H17N4OS.ClH/c1-12(2,3)4-7(13)5-14-8-9-6-10-11-8;/h6-7,13H,4-5H2,1-3H3,(H,9,10,11);1H/q+1;/p-1. The molecule has 15 heavy (non-hydrogen) atoms. The van der Waals surface area contributed by atoms with E-state index >= 15 is 0 Å². The average molecular weight is 253 g/mol. The minimum absolute atomic E-state index is 0. The van der Waals surface area contributed by atoms with Gasteiger partial charge in [0.2, 0.25) is 0 Å². The van der Waals surface area contributed by atoms with Gasteiger partial charge in [-0.15, -0.1) is 0 Å². The Morgan fingerprint density at radius 2 is 2.20 bits per heavy atom. The lowest BCUT2D eigenvalue weighted by Crippen LogP contribution is -3.00. The highest BCUT2D eigenvalue weighted by molar-refractivity contribution is 7.99. The molecule has 1 rings (SSSR count). The number of halogens is 1. The average Bonchev–Trinajstić information content (AvgIpc) is 2.49. The lowest BCUT2D eigenvalue weighted by atomic mass is 10.3. The van der Waals surface area contributed by atoms with Crippen LogP contribution in [-0.4, -0.2) is 64.3 Å². The number of aromatic nitrogens is 3. The molecule has 0 aliphatic heterocycles. The van der Waals surface area contributed by atoms with Gasteiger partial charge in [0.25, 0.3) is 0 Å². The second-order valence-electron chi connectivity index (χ2n) is 4.23. The first kappa shape index (κ1) is 14.7. The van der Waals surface area contributed by atoms with Crippen LogP contribution in [0.1, 0.15) is 0 Å². The second kappa shape index (κ2) is 6.32. The van der Waals surface area contributed by atoms with E-state index in [4.69, 9.17) is 0 Å². The summed E-state index contributed by atoms with van der Waals surface area (Å²) in [5.41, 5.74) is 0. The molecule has 1 aromatic heterocycles. The lowest BCUT2D eigenvalue weighted by Gasteiger charge is -2.26. The van der Waals surface area contributed by atoms with Crippen LogP contribution in [0, 0.1) is 0 Å². The number of aliphatic hydroxyl groups excluding tert-OH is 1. The number of hydrogen-bond donors (Lipinski definition) is 2. The predicted molar refractivity (Wildman–Crippen MR) is 56.0 cm³/mol. The van der Waals surface area contributed by atoms with E-state index < -0.39 is 0 Å². The summed E-state index contributed by atoms with van der Waals surface area (Å²) in [4.78, 5) is 3.96. The maximum atomic E-state index is 9.69. The monoisotopic (exact) mass is 252 g/mol. The number of nitrogens with one attached hydrogen (secondary N) is 1. The van der Waals surface area contributed by atoms with Crippen molar-refractivity contribution in [3.8, 4) is 0 Å². The Hall–Kier alpha value is -0.300. The van der Waals surface area contributed by atoms with Crippen LogP contribution in [0.2, 0.25) is 0 Å². The molecule has 0 radical (unpaired) electrons. The van der Waals surface area contributed by atoms with Crippen LogP contribution in [0.5, 0.6) is 0 Å². The number of likely N-dealkylation sites (N-methyl/N-ethyl adjacent to an activating group) is 1. The Labute approximate surface area is 100 Å². The Kier molecular flexibility index (Phi) is 6.19. The van der Waals surface area contributed by atoms with Crippen LogP contribution < -0.4 is 12.4 Å². The summed E-state index contributed by atoms with van der Waals surface area (Å²) in [5, 5.41) is 16.9. The predicted octanol–water partition coefficient (Wildman–Crippen LogP) is -3.03. The minimum atomic E-state index is -0.315.